The first-order valence-corrected chi connectivity index (χ1v) is 15.7. The maximum Gasteiger partial charge on any atom is 0.240 e. The first-order chi connectivity index (χ1) is 18.6. The summed E-state index contributed by atoms with van der Waals surface area (Å²) < 4.78 is 33.7. The van der Waals surface area contributed by atoms with Crippen LogP contribution in [0.1, 0.15) is 38.7 Å². The summed E-state index contributed by atoms with van der Waals surface area (Å²) in [6, 6.07) is 17.1. The highest BCUT2D eigenvalue weighted by Gasteiger charge is 2.53. The Morgan fingerprint density at radius 2 is 1.77 bits per heavy atom. The van der Waals surface area contributed by atoms with Gasteiger partial charge in [0.25, 0.3) is 0 Å². The number of sulfonamides is 1. The van der Waals surface area contributed by atoms with Gasteiger partial charge in [0, 0.05) is 23.0 Å². The van der Waals surface area contributed by atoms with Gasteiger partial charge in [-0.3, -0.25) is 9.69 Å². The number of amides is 1. The first kappa shape index (κ1) is 27.8. The molecule has 0 bridgehead atoms. The van der Waals surface area contributed by atoms with Gasteiger partial charge >= 0.3 is 0 Å². The van der Waals surface area contributed by atoms with Crippen LogP contribution in [0.4, 0.5) is 5.13 Å². The number of ether oxygens (including phenoxy) is 1. The average molecular weight is 569 g/mol. The molecule has 10 heteroatoms. The Bertz CT molecular complexity index is 1400. The maximum absolute atomic E-state index is 13.4. The van der Waals surface area contributed by atoms with E-state index in [4.69, 9.17) is 4.74 Å². The van der Waals surface area contributed by atoms with Crippen LogP contribution >= 0.6 is 11.3 Å². The van der Waals surface area contributed by atoms with Crippen LogP contribution in [0.2, 0.25) is 0 Å². The monoisotopic (exact) mass is 568 g/mol. The van der Waals surface area contributed by atoms with Crippen molar-refractivity contribution in [1.29, 1.82) is 0 Å². The van der Waals surface area contributed by atoms with Gasteiger partial charge < -0.3 is 10.1 Å². The molecular formula is C29H36N4O4S2. The van der Waals surface area contributed by atoms with E-state index in [-0.39, 0.29) is 17.1 Å². The molecule has 3 aromatic rings. The van der Waals surface area contributed by atoms with Crippen molar-refractivity contribution in [3.05, 3.63) is 65.5 Å². The van der Waals surface area contributed by atoms with E-state index in [1.54, 1.807) is 11.4 Å². The van der Waals surface area contributed by atoms with Gasteiger partial charge in [-0.25, -0.2) is 13.4 Å². The number of methoxy groups -OCH3 is 1. The lowest BCUT2D eigenvalue weighted by molar-refractivity contribution is -0.117. The molecule has 0 saturated carbocycles. The third-order valence-electron chi connectivity index (χ3n) is 7.91. The average Bonchev–Trinajstić information content (AvgIpc) is 3.47. The fraction of sp³-hybridized carbons (Fsp3) is 0.448. The number of piperidine rings is 1. The third-order valence-corrected chi connectivity index (χ3v) is 10.7. The zero-order chi connectivity index (χ0) is 27.7. The van der Waals surface area contributed by atoms with Crippen LogP contribution in [0.3, 0.4) is 0 Å². The predicted octanol–water partition coefficient (Wildman–Crippen LogP) is 4.85. The molecule has 8 nitrogen and oxygen atoms in total. The Kier molecular flexibility index (Phi) is 7.83. The topological polar surface area (TPSA) is 91.8 Å². The Morgan fingerprint density at radius 3 is 2.44 bits per heavy atom. The van der Waals surface area contributed by atoms with Crippen molar-refractivity contribution in [1.82, 2.24) is 14.2 Å². The summed E-state index contributed by atoms with van der Waals surface area (Å²) in [5.74, 6) is 0.727. The number of aromatic nitrogens is 1. The fourth-order valence-electron chi connectivity index (χ4n) is 6.03. The van der Waals surface area contributed by atoms with E-state index < -0.39 is 15.6 Å². The van der Waals surface area contributed by atoms with Crippen molar-refractivity contribution in [2.24, 2.45) is 5.41 Å². The van der Waals surface area contributed by atoms with Crippen molar-refractivity contribution in [3.8, 4) is 17.0 Å². The van der Waals surface area contributed by atoms with Gasteiger partial charge in [-0.15, -0.1) is 11.3 Å². The molecule has 39 heavy (non-hydrogen) atoms. The summed E-state index contributed by atoms with van der Waals surface area (Å²) >= 11 is 1.41. The van der Waals surface area contributed by atoms with E-state index in [1.807, 2.05) is 73.8 Å². The van der Waals surface area contributed by atoms with E-state index in [1.165, 1.54) is 11.3 Å². The lowest BCUT2D eigenvalue weighted by Crippen LogP contribution is -2.45. The second-order valence-electron chi connectivity index (χ2n) is 11.3. The second-order valence-corrected chi connectivity index (χ2v) is 14.1. The van der Waals surface area contributed by atoms with Crippen molar-refractivity contribution in [3.63, 3.8) is 0 Å². The quantitative estimate of drug-likeness (QED) is 0.418. The normalized spacial score (nSPS) is 19.3. The van der Waals surface area contributed by atoms with Gasteiger partial charge in [-0.1, -0.05) is 30.3 Å². The van der Waals surface area contributed by atoms with Gasteiger partial charge in [0.1, 0.15) is 5.75 Å². The van der Waals surface area contributed by atoms with Crippen LogP contribution in [-0.4, -0.2) is 67.3 Å². The minimum atomic E-state index is -3.44. The highest BCUT2D eigenvalue weighted by molar-refractivity contribution is 7.88. The van der Waals surface area contributed by atoms with Crippen molar-refractivity contribution < 1.29 is 17.9 Å². The molecule has 2 aromatic carbocycles. The Morgan fingerprint density at radius 1 is 1.08 bits per heavy atom. The number of thiazole rings is 1. The van der Waals surface area contributed by atoms with E-state index >= 15 is 0 Å². The van der Waals surface area contributed by atoms with Crippen LogP contribution in [0, 0.1) is 5.41 Å². The number of hydrogen-bond donors (Lipinski definition) is 1. The molecule has 0 unspecified atom stereocenters. The SMILES string of the molecule is COc1ccc(-c2csc(NC(=O)CN3CCC4(CC3)CN(S(=O)(=O)Cc3ccccc3)C(C)(C)C4)n2)cc1. The summed E-state index contributed by atoms with van der Waals surface area (Å²) in [5, 5.41) is 5.45. The summed E-state index contributed by atoms with van der Waals surface area (Å²) in [6.07, 6.45) is 2.58. The van der Waals surface area contributed by atoms with Crippen LogP contribution in [0.5, 0.6) is 5.75 Å². The fourth-order valence-corrected chi connectivity index (χ4v) is 8.82. The molecule has 0 aliphatic carbocycles. The van der Waals surface area contributed by atoms with Gasteiger partial charge in [-0.05, 0) is 81.4 Å². The van der Waals surface area contributed by atoms with Crippen LogP contribution in [0.25, 0.3) is 11.3 Å². The van der Waals surface area contributed by atoms with E-state index in [0.717, 1.165) is 54.9 Å². The summed E-state index contributed by atoms with van der Waals surface area (Å²) in [4.78, 5) is 19.5. The number of anilines is 1. The zero-order valence-electron chi connectivity index (χ0n) is 22.7. The molecule has 1 spiro atoms. The molecular weight excluding hydrogens is 532 g/mol. The number of nitrogens with zero attached hydrogens (tertiary/aromatic N) is 3. The van der Waals surface area contributed by atoms with E-state index in [0.29, 0.717) is 18.2 Å². The molecule has 1 aromatic heterocycles. The van der Waals surface area contributed by atoms with Crippen LogP contribution in [0.15, 0.2) is 60.0 Å². The minimum Gasteiger partial charge on any atom is -0.497 e. The molecule has 2 aliphatic rings. The van der Waals surface area contributed by atoms with Crippen molar-refractivity contribution >= 4 is 32.4 Å². The number of nitrogens with one attached hydrogen (secondary N) is 1. The van der Waals surface area contributed by atoms with Crippen molar-refractivity contribution in [2.75, 3.05) is 38.6 Å². The zero-order valence-corrected chi connectivity index (χ0v) is 24.4. The number of likely N-dealkylation sites (tertiary alicyclic amines) is 1. The van der Waals surface area contributed by atoms with Gasteiger partial charge in [0.15, 0.2) is 5.13 Å². The molecule has 0 radical (unpaired) electrons. The van der Waals surface area contributed by atoms with Crippen LogP contribution < -0.4 is 10.1 Å². The molecule has 0 atom stereocenters. The summed E-state index contributed by atoms with van der Waals surface area (Å²) in [7, 11) is -1.81. The Labute approximate surface area is 235 Å². The standard InChI is InChI=1S/C29H36N4O4S2/c1-28(2)20-29(21-33(28)39(35,36)19-22-7-5-4-6-8-22)13-15-32(16-14-29)17-26(34)31-27-30-25(18-38-27)23-9-11-24(37-3)12-10-23/h4-12,18H,13-17,19-21H2,1-3H3,(H,30,31,34). The van der Waals surface area contributed by atoms with E-state index in [2.05, 4.69) is 15.2 Å². The minimum absolute atomic E-state index is 0.0244. The van der Waals surface area contributed by atoms with Gasteiger partial charge in [0.2, 0.25) is 15.9 Å². The molecule has 1 amide bonds. The first-order valence-electron chi connectivity index (χ1n) is 13.2. The lowest BCUT2D eigenvalue weighted by Gasteiger charge is -2.39. The van der Waals surface area contributed by atoms with Crippen molar-refractivity contribution in [2.45, 2.75) is 44.4 Å². The number of benzene rings is 2. The summed E-state index contributed by atoms with van der Waals surface area (Å²) in [6.45, 7) is 6.46. The largest absolute Gasteiger partial charge is 0.497 e. The molecule has 2 saturated heterocycles. The third kappa shape index (κ3) is 6.35. The molecule has 208 valence electrons. The Balaban J connectivity index is 1.15. The van der Waals surface area contributed by atoms with Crippen LogP contribution in [-0.2, 0) is 20.6 Å². The molecule has 1 N–H and O–H groups in total. The number of hydrogen-bond acceptors (Lipinski definition) is 7. The number of carbonyl (C=O) groups excluding carboxylic acids is 1. The highest BCUT2D eigenvalue weighted by Crippen LogP contribution is 2.49. The molecule has 5 rings (SSSR count). The number of carbonyl (C=O) groups is 1. The van der Waals surface area contributed by atoms with Gasteiger partial charge in [0.05, 0.1) is 25.1 Å². The van der Waals surface area contributed by atoms with Gasteiger partial charge in [-0.2, -0.15) is 4.31 Å². The van der Waals surface area contributed by atoms with E-state index in [9.17, 15) is 13.2 Å². The maximum atomic E-state index is 13.4. The smallest absolute Gasteiger partial charge is 0.240 e. The highest BCUT2D eigenvalue weighted by atomic mass is 32.2. The second kappa shape index (κ2) is 11.0. The predicted molar refractivity (Wildman–Crippen MR) is 155 cm³/mol. The molecule has 3 heterocycles. The summed E-state index contributed by atoms with van der Waals surface area (Å²) in [5.41, 5.74) is 2.11. The molecule has 2 aliphatic heterocycles. The lowest BCUT2D eigenvalue weighted by atomic mass is 9.74. The Hall–Kier alpha value is -2.79. The number of rotatable bonds is 8. The molecule has 2 fully saturated rings.